The summed E-state index contributed by atoms with van der Waals surface area (Å²) < 4.78 is 0. The molecule has 0 fully saturated rings. The van der Waals surface area contributed by atoms with Crippen LogP contribution in [0.4, 0.5) is 0 Å². The van der Waals surface area contributed by atoms with Crippen LogP contribution in [0.25, 0.3) is 11.1 Å². The monoisotopic (exact) mass is 309 g/mol. The van der Waals surface area contributed by atoms with Crippen molar-refractivity contribution in [2.24, 2.45) is 0 Å². The molecule has 0 atom stereocenters. The first-order chi connectivity index (χ1) is 10.9. The number of carbonyl (C=O) groups is 1. The molecule has 0 aliphatic heterocycles. The molecule has 1 N–H and O–H groups in total. The lowest BCUT2D eigenvalue weighted by Gasteiger charge is -2.19. The van der Waals surface area contributed by atoms with Crippen LogP contribution in [0.3, 0.4) is 0 Å². The molecule has 2 aromatic rings. The fourth-order valence-corrected chi connectivity index (χ4v) is 2.50. The maximum absolute atomic E-state index is 11.2. The van der Waals surface area contributed by atoms with E-state index in [1.54, 1.807) is 0 Å². The molecule has 0 saturated heterocycles. The maximum atomic E-state index is 11.2. The summed E-state index contributed by atoms with van der Waals surface area (Å²) in [6.07, 6.45) is 1.42. The molecule has 0 unspecified atom stereocenters. The van der Waals surface area contributed by atoms with Crippen molar-refractivity contribution in [3.8, 4) is 11.1 Å². The normalized spacial score (nSPS) is 11.3. The lowest BCUT2D eigenvalue weighted by Crippen LogP contribution is -2.24. The number of carbonyl (C=O) groups excluding carboxylic acids is 1. The van der Waals surface area contributed by atoms with Crippen molar-refractivity contribution in [3.63, 3.8) is 0 Å². The number of hydrogen-bond donors (Lipinski definition) is 1. The Labute approximate surface area is 139 Å². The summed E-state index contributed by atoms with van der Waals surface area (Å²) >= 11 is 0. The zero-order chi connectivity index (χ0) is 16.9. The highest BCUT2D eigenvalue weighted by Crippen LogP contribution is 2.26. The van der Waals surface area contributed by atoms with Crippen molar-refractivity contribution in [1.82, 2.24) is 5.32 Å². The van der Waals surface area contributed by atoms with E-state index >= 15 is 0 Å². The summed E-state index contributed by atoms with van der Waals surface area (Å²) in [6, 6.07) is 17.4. The number of rotatable bonds is 5. The Kier molecular flexibility index (Phi) is 5.59. The molecule has 1 amide bonds. The van der Waals surface area contributed by atoms with Crippen LogP contribution in [0.5, 0.6) is 0 Å². The molecule has 2 nitrogen and oxygen atoms in total. The van der Waals surface area contributed by atoms with Crippen molar-refractivity contribution >= 4 is 5.91 Å². The smallest absolute Gasteiger partial charge is 0.219 e. The van der Waals surface area contributed by atoms with Gasteiger partial charge in [0, 0.05) is 13.0 Å². The molecule has 23 heavy (non-hydrogen) atoms. The molecule has 0 aromatic heterocycles. The average Bonchev–Trinajstić information content (AvgIpc) is 2.54. The summed E-state index contributed by atoms with van der Waals surface area (Å²) in [6.45, 7) is 9.26. The molecule has 0 spiro atoms. The fraction of sp³-hybridized carbons (Fsp3) is 0.381. The van der Waals surface area contributed by atoms with Crippen LogP contribution in [0.15, 0.2) is 48.5 Å². The van der Waals surface area contributed by atoms with E-state index in [1.807, 2.05) is 6.92 Å². The largest absolute Gasteiger partial charge is 0.356 e. The first-order valence-electron chi connectivity index (χ1n) is 8.36. The van der Waals surface area contributed by atoms with Gasteiger partial charge in [-0.3, -0.25) is 4.79 Å². The van der Waals surface area contributed by atoms with Gasteiger partial charge in [-0.2, -0.15) is 0 Å². The predicted molar refractivity (Wildman–Crippen MR) is 97.6 cm³/mol. The van der Waals surface area contributed by atoms with Gasteiger partial charge in [0.15, 0.2) is 0 Å². The first-order valence-corrected chi connectivity index (χ1v) is 8.36. The molecule has 122 valence electrons. The van der Waals surface area contributed by atoms with E-state index < -0.39 is 0 Å². The Balaban J connectivity index is 2.00. The third kappa shape index (κ3) is 4.95. The van der Waals surface area contributed by atoms with Gasteiger partial charge in [0.05, 0.1) is 0 Å². The quantitative estimate of drug-likeness (QED) is 0.850. The van der Waals surface area contributed by atoms with E-state index in [4.69, 9.17) is 0 Å². The zero-order valence-electron chi connectivity index (χ0n) is 14.6. The summed E-state index contributed by atoms with van der Waals surface area (Å²) in [7, 11) is 0. The van der Waals surface area contributed by atoms with Crippen LogP contribution in [-0.4, -0.2) is 12.5 Å². The molecule has 0 aliphatic carbocycles. The standard InChI is InChI=1S/C21H27NO/c1-5-20(23)22-15-14-16-6-8-17(9-7-16)18-10-12-19(13-11-18)21(2,3)4/h6-13H,5,14-15H2,1-4H3,(H,22,23). The summed E-state index contributed by atoms with van der Waals surface area (Å²) in [4.78, 5) is 11.2. The third-order valence-electron chi connectivity index (χ3n) is 4.10. The molecule has 0 bridgehead atoms. The summed E-state index contributed by atoms with van der Waals surface area (Å²) in [5.41, 5.74) is 5.25. The molecule has 2 heteroatoms. The van der Waals surface area contributed by atoms with Gasteiger partial charge in [0.1, 0.15) is 0 Å². The Hall–Kier alpha value is -2.09. The van der Waals surface area contributed by atoms with Gasteiger partial charge in [0.2, 0.25) is 5.91 Å². The van der Waals surface area contributed by atoms with Gasteiger partial charge in [-0.15, -0.1) is 0 Å². The van der Waals surface area contributed by atoms with Crippen LogP contribution in [0.2, 0.25) is 0 Å². The summed E-state index contributed by atoms with van der Waals surface area (Å²) in [5.74, 6) is 0.112. The van der Waals surface area contributed by atoms with Crippen LogP contribution in [0.1, 0.15) is 45.2 Å². The average molecular weight is 309 g/mol. The second kappa shape index (κ2) is 7.45. The molecule has 0 radical (unpaired) electrons. The van der Waals surface area contributed by atoms with Crippen molar-refractivity contribution in [3.05, 3.63) is 59.7 Å². The van der Waals surface area contributed by atoms with Gasteiger partial charge < -0.3 is 5.32 Å². The third-order valence-corrected chi connectivity index (χ3v) is 4.10. The molecular formula is C21H27NO. The van der Waals surface area contributed by atoms with Crippen molar-refractivity contribution in [2.45, 2.75) is 46.0 Å². The first kappa shape index (κ1) is 17.3. The van der Waals surface area contributed by atoms with E-state index in [2.05, 4.69) is 74.6 Å². The van der Waals surface area contributed by atoms with Gasteiger partial charge in [0.25, 0.3) is 0 Å². The minimum atomic E-state index is 0.112. The second-order valence-electron chi connectivity index (χ2n) is 6.98. The Bertz CT molecular complexity index is 633. The van der Waals surface area contributed by atoms with Crippen molar-refractivity contribution < 1.29 is 4.79 Å². The van der Waals surface area contributed by atoms with Crippen molar-refractivity contribution in [2.75, 3.05) is 6.54 Å². The molecular weight excluding hydrogens is 282 g/mol. The maximum Gasteiger partial charge on any atom is 0.219 e. The Morgan fingerprint density at radius 2 is 1.43 bits per heavy atom. The lowest BCUT2D eigenvalue weighted by atomic mass is 9.86. The van der Waals surface area contributed by atoms with E-state index in [0.717, 1.165) is 6.42 Å². The topological polar surface area (TPSA) is 29.1 Å². The van der Waals surface area contributed by atoms with Gasteiger partial charge in [-0.1, -0.05) is 76.2 Å². The predicted octanol–water partition coefficient (Wildman–Crippen LogP) is 4.72. The van der Waals surface area contributed by atoms with Crippen LogP contribution in [0, 0.1) is 0 Å². The minimum Gasteiger partial charge on any atom is -0.356 e. The van der Waals surface area contributed by atoms with Gasteiger partial charge in [-0.05, 0) is 34.1 Å². The van der Waals surface area contributed by atoms with Crippen LogP contribution < -0.4 is 5.32 Å². The molecule has 0 saturated carbocycles. The van der Waals surface area contributed by atoms with E-state index in [1.165, 1.54) is 22.3 Å². The fourth-order valence-electron chi connectivity index (χ4n) is 2.50. The highest BCUT2D eigenvalue weighted by atomic mass is 16.1. The van der Waals surface area contributed by atoms with Gasteiger partial charge in [-0.25, -0.2) is 0 Å². The molecule has 0 heterocycles. The van der Waals surface area contributed by atoms with Crippen LogP contribution >= 0.6 is 0 Å². The molecule has 0 aliphatic rings. The number of hydrogen-bond acceptors (Lipinski definition) is 1. The zero-order valence-corrected chi connectivity index (χ0v) is 14.6. The number of amides is 1. The van der Waals surface area contributed by atoms with E-state index in [-0.39, 0.29) is 11.3 Å². The number of benzene rings is 2. The highest BCUT2D eigenvalue weighted by Gasteiger charge is 2.12. The SMILES string of the molecule is CCC(=O)NCCc1ccc(-c2ccc(C(C)(C)C)cc2)cc1. The molecule has 2 rings (SSSR count). The van der Waals surface area contributed by atoms with Crippen molar-refractivity contribution in [1.29, 1.82) is 0 Å². The van der Waals surface area contributed by atoms with E-state index in [9.17, 15) is 4.79 Å². The summed E-state index contributed by atoms with van der Waals surface area (Å²) in [5, 5.41) is 2.91. The second-order valence-corrected chi connectivity index (χ2v) is 6.98. The molecule has 2 aromatic carbocycles. The number of nitrogens with one attached hydrogen (secondary N) is 1. The van der Waals surface area contributed by atoms with Gasteiger partial charge >= 0.3 is 0 Å². The Morgan fingerprint density at radius 1 is 0.913 bits per heavy atom. The Morgan fingerprint density at radius 3 is 1.91 bits per heavy atom. The highest BCUT2D eigenvalue weighted by molar-refractivity contribution is 5.75. The van der Waals surface area contributed by atoms with Crippen LogP contribution in [-0.2, 0) is 16.6 Å². The minimum absolute atomic E-state index is 0.112. The lowest BCUT2D eigenvalue weighted by molar-refractivity contribution is -0.120. The van der Waals surface area contributed by atoms with E-state index in [0.29, 0.717) is 13.0 Å².